The number of hydrogen-bond acceptors (Lipinski definition) is 4. The van der Waals surface area contributed by atoms with Crippen LogP contribution in [-0.4, -0.2) is 46.6 Å². The molecular weight excluding hydrogens is 349 g/mol. The Bertz CT molecular complexity index is 812. The smallest absolute Gasteiger partial charge is 0.382 e. The molecule has 1 aliphatic rings. The molecule has 2 aromatic heterocycles. The molecule has 1 saturated carbocycles. The van der Waals surface area contributed by atoms with Crippen molar-refractivity contribution in [1.29, 1.82) is 0 Å². The first-order valence-corrected chi connectivity index (χ1v) is 8.47. The molecule has 0 aromatic carbocycles. The Kier molecular flexibility index (Phi) is 4.92. The Labute approximate surface area is 148 Å². The van der Waals surface area contributed by atoms with Crippen LogP contribution in [0.4, 0.5) is 13.2 Å². The molecule has 3 rings (SSSR count). The number of nitrogens with one attached hydrogen (secondary N) is 1. The van der Waals surface area contributed by atoms with Crippen LogP contribution in [0.1, 0.15) is 54.7 Å². The van der Waals surface area contributed by atoms with Gasteiger partial charge in [-0.1, -0.05) is 0 Å². The normalized spacial score (nSPS) is 16.3. The quantitative estimate of drug-likeness (QED) is 0.848. The van der Waals surface area contributed by atoms with Crippen molar-refractivity contribution in [1.82, 2.24) is 20.1 Å². The van der Waals surface area contributed by atoms with E-state index in [1.165, 1.54) is 6.20 Å². The number of hydrogen-bond donors (Lipinski definition) is 1. The third-order valence-corrected chi connectivity index (χ3v) is 4.35. The predicted octanol–water partition coefficient (Wildman–Crippen LogP) is 3.20. The summed E-state index contributed by atoms with van der Waals surface area (Å²) in [4.78, 5) is 17.2. The SMILES string of the molecule is COCC(NC(=O)c1cc(C2CC2)nc2c1cnn2C(C)C)C(F)(F)F. The summed E-state index contributed by atoms with van der Waals surface area (Å²) in [5.41, 5.74) is 1.40. The highest BCUT2D eigenvalue weighted by Gasteiger charge is 2.41. The third-order valence-electron chi connectivity index (χ3n) is 4.35. The van der Waals surface area contributed by atoms with Gasteiger partial charge in [0.05, 0.1) is 23.8 Å². The van der Waals surface area contributed by atoms with Gasteiger partial charge < -0.3 is 10.1 Å². The summed E-state index contributed by atoms with van der Waals surface area (Å²) in [7, 11) is 1.16. The number of methoxy groups -OCH3 is 1. The molecular formula is C17H21F3N4O2. The van der Waals surface area contributed by atoms with E-state index in [0.717, 1.165) is 25.6 Å². The van der Waals surface area contributed by atoms with Gasteiger partial charge >= 0.3 is 6.18 Å². The molecule has 26 heavy (non-hydrogen) atoms. The average molecular weight is 370 g/mol. The van der Waals surface area contributed by atoms with E-state index in [9.17, 15) is 18.0 Å². The standard InChI is InChI=1S/C17H21F3N4O2/c1-9(2)24-15-12(7-21-24)11(6-13(22-15)10-4-5-10)16(25)23-14(8-26-3)17(18,19)20/h6-7,9-10,14H,4-5,8H2,1-3H3,(H,23,25). The topological polar surface area (TPSA) is 69.0 Å². The molecule has 2 heterocycles. The maximum Gasteiger partial charge on any atom is 0.410 e. The molecule has 0 saturated heterocycles. The van der Waals surface area contributed by atoms with Crippen molar-refractivity contribution < 1.29 is 22.7 Å². The van der Waals surface area contributed by atoms with E-state index in [-0.39, 0.29) is 17.5 Å². The summed E-state index contributed by atoms with van der Waals surface area (Å²) in [5, 5.41) is 6.73. The van der Waals surface area contributed by atoms with Crippen molar-refractivity contribution in [2.24, 2.45) is 0 Å². The Morgan fingerprint density at radius 3 is 2.65 bits per heavy atom. The van der Waals surface area contributed by atoms with Gasteiger partial charge in [-0.25, -0.2) is 9.67 Å². The Morgan fingerprint density at radius 2 is 2.12 bits per heavy atom. The molecule has 1 unspecified atom stereocenters. The number of rotatable bonds is 6. The first kappa shape index (κ1) is 18.6. The van der Waals surface area contributed by atoms with Crippen molar-refractivity contribution >= 4 is 16.9 Å². The van der Waals surface area contributed by atoms with E-state index in [1.54, 1.807) is 10.7 Å². The van der Waals surface area contributed by atoms with Gasteiger partial charge in [0.25, 0.3) is 5.91 Å². The van der Waals surface area contributed by atoms with Gasteiger partial charge in [-0.2, -0.15) is 18.3 Å². The first-order chi connectivity index (χ1) is 12.2. The van der Waals surface area contributed by atoms with Crippen LogP contribution in [0, 0.1) is 0 Å². The number of pyridine rings is 1. The summed E-state index contributed by atoms with van der Waals surface area (Å²) in [6.45, 7) is 3.20. The van der Waals surface area contributed by atoms with Crippen LogP contribution >= 0.6 is 0 Å². The zero-order valence-electron chi connectivity index (χ0n) is 14.8. The summed E-state index contributed by atoms with van der Waals surface area (Å²) < 4.78 is 45.6. The third kappa shape index (κ3) is 3.67. The second-order valence-electron chi connectivity index (χ2n) is 6.81. The second-order valence-corrected chi connectivity index (χ2v) is 6.81. The molecule has 1 N–H and O–H groups in total. The minimum absolute atomic E-state index is 0.0155. The van der Waals surface area contributed by atoms with Crippen LogP contribution in [-0.2, 0) is 4.74 Å². The molecule has 9 heteroatoms. The molecule has 0 aliphatic heterocycles. The molecule has 0 bridgehead atoms. The molecule has 1 aliphatic carbocycles. The van der Waals surface area contributed by atoms with Crippen LogP contribution < -0.4 is 5.32 Å². The predicted molar refractivity (Wildman–Crippen MR) is 89.1 cm³/mol. The van der Waals surface area contributed by atoms with E-state index < -0.39 is 24.7 Å². The van der Waals surface area contributed by atoms with Crippen LogP contribution in [0.2, 0.25) is 0 Å². The minimum atomic E-state index is -4.60. The fourth-order valence-corrected chi connectivity index (χ4v) is 2.81. The molecule has 1 amide bonds. The zero-order valence-corrected chi connectivity index (χ0v) is 14.8. The number of halogens is 3. The van der Waals surface area contributed by atoms with Gasteiger partial charge in [0.2, 0.25) is 0 Å². The summed E-state index contributed by atoms with van der Waals surface area (Å²) in [6, 6.07) is -0.475. The van der Waals surface area contributed by atoms with Crippen molar-refractivity contribution in [3.63, 3.8) is 0 Å². The van der Waals surface area contributed by atoms with Crippen molar-refractivity contribution in [2.45, 2.75) is 50.9 Å². The number of ether oxygens (including phenoxy) is 1. The van der Waals surface area contributed by atoms with Crippen LogP contribution in [0.5, 0.6) is 0 Å². The van der Waals surface area contributed by atoms with Crippen molar-refractivity contribution in [3.8, 4) is 0 Å². The average Bonchev–Trinajstić information content (AvgIpc) is 3.31. The Balaban J connectivity index is 2.01. The number of fused-ring (bicyclic) bond motifs is 1. The number of aromatic nitrogens is 3. The zero-order chi connectivity index (χ0) is 19.1. The minimum Gasteiger partial charge on any atom is -0.382 e. The van der Waals surface area contributed by atoms with Crippen LogP contribution in [0.15, 0.2) is 12.3 Å². The molecule has 1 atom stereocenters. The maximum atomic E-state index is 13.1. The Hall–Kier alpha value is -2.16. The lowest BCUT2D eigenvalue weighted by molar-refractivity contribution is -0.163. The number of alkyl halides is 3. The number of carbonyl (C=O) groups excluding carboxylic acids is 1. The lowest BCUT2D eigenvalue weighted by Crippen LogP contribution is -2.48. The lowest BCUT2D eigenvalue weighted by Gasteiger charge is -2.21. The number of amides is 1. The van der Waals surface area contributed by atoms with Crippen molar-refractivity contribution in [2.75, 3.05) is 13.7 Å². The maximum absolute atomic E-state index is 13.1. The summed E-state index contributed by atoms with van der Waals surface area (Å²) in [6.07, 6.45) is -1.19. The van der Waals surface area contributed by atoms with Gasteiger partial charge in [0, 0.05) is 24.8 Å². The highest BCUT2D eigenvalue weighted by atomic mass is 19.4. The van der Waals surface area contributed by atoms with Gasteiger partial charge in [0.15, 0.2) is 5.65 Å². The van der Waals surface area contributed by atoms with Crippen LogP contribution in [0.3, 0.4) is 0 Å². The highest BCUT2D eigenvalue weighted by Crippen LogP contribution is 2.40. The number of carbonyl (C=O) groups is 1. The molecule has 1 fully saturated rings. The fraction of sp³-hybridized carbons (Fsp3) is 0.588. The largest absolute Gasteiger partial charge is 0.410 e. The van der Waals surface area contributed by atoms with E-state index in [0.29, 0.717) is 11.0 Å². The first-order valence-electron chi connectivity index (χ1n) is 8.47. The molecule has 2 aromatic rings. The molecule has 142 valence electrons. The van der Waals surface area contributed by atoms with Gasteiger partial charge in [-0.05, 0) is 32.8 Å². The van der Waals surface area contributed by atoms with E-state index in [4.69, 9.17) is 0 Å². The Morgan fingerprint density at radius 1 is 1.42 bits per heavy atom. The number of nitrogens with zero attached hydrogens (tertiary/aromatic N) is 3. The summed E-state index contributed by atoms with van der Waals surface area (Å²) in [5.74, 6) is -0.555. The lowest BCUT2D eigenvalue weighted by atomic mass is 10.1. The fourth-order valence-electron chi connectivity index (χ4n) is 2.81. The molecule has 6 nitrogen and oxygen atoms in total. The second kappa shape index (κ2) is 6.86. The monoisotopic (exact) mass is 370 g/mol. The molecule has 0 radical (unpaired) electrons. The molecule has 0 spiro atoms. The van der Waals surface area contributed by atoms with Crippen molar-refractivity contribution in [3.05, 3.63) is 23.5 Å². The van der Waals surface area contributed by atoms with E-state index in [2.05, 4.69) is 14.8 Å². The van der Waals surface area contributed by atoms with Crippen LogP contribution in [0.25, 0.3) is 11.0 Å². The van der Waals surface area contributed by atoms with Gasteiger partial charge in [-0.15, -0.1) is 0 Å². The van der Waals surface area contributed by atoms with E-state index >= 15 is 0 Å². The van der Waals surface area contributed by atoms with Gasteiger partial charge in [0.1, 0.15) is 6.04 Å². The highest BCUT2D eigenvalue weighted by molar-refractivity contribution is 6.05. The van der Waals surface area contributed by atoms with Gasteiger partial charge in [-0.3, -0.25) is 4.79 Å². The summed E-state index contributed by atoms with van der Waals surface area (Å²) >= 11 is 0. The van der Waals surface area contributed by atoms with E-state index in [1.807, 2.05) is 19.2 Å².